The molecule has 1 heterocycles. The second-order valence-corrected chi connectivity index (χ2v) is 7.00. The van der Waals surface area contributed by atoms with Gasteiger partial charge in [-0.15, -0.1) is 0 Å². The molecule has 0 radical (unpaired) electrons. The van der Waals surface area contributed by atoms with Crippen LogP contribution in [0.2, 0.25) is 0 Å². The zero-order valence-electron chi connectivity index (χ0n) is 11.9. The number of sulfonamides is 1. The second kappa shape index (κ2) is 5.68. The minimum atomic E-state index is -3.36. The molecular weight excluding hydrogens is 274 g/mol. The number of aromatic nitrogens is 1. The largest absolute Gasteiger partial charge is 0.381 e. The molecular formula is C14H19N3O2S. The number of nitrogens with zero attached hydrogens (tertiary/aromatic N) is 2. The van der Waals surface area contributed by atoms with Crippen LogP contribution in [0.15, 0.2) is 47.6 Å². The Hall–Kier alpha value is -1.79. The number of rotatable bonds is 5. The summed E-state index contributed by atoms with van der Waals surface area (Å²) in [5.41, 5.74) is 2.07. The molecule has 0 aliphatic rings. The summed E-state index contributed by atoms with van der Waals surface area (Å²) in [6.07, 6.45) is 4.03. The van der Waals surface area contributed by atoms with E-state index in [1.54, 1.807) is 24.3 Å². The van der Waals surface area contributed by atoms with Crippen molar-refractivity contribution < 1.29 is 8.42 Å². The van der Waals surface area contributed by atoms with Gasteiger partial charge in [0.05, 0.1) is 4.90 Å². The first-order valence-corrected chi connectivity index (χ1v) is 7.71. The highest BCUT2D eigenvalue weighted by molar-refractivity contribution is 7.89. The Morgan fingerprint density at radius 2 is 1.80 bits per heavy atom. The highest BCUT2D eigenvalue weighted by Gasteiger charge is 2.16. The molecule has 20 heavy (non-hydrogen) atoms. The van der Waals surface area contributed by atoms with Gasteiger partial charge in [0, 0.05) is 45.8 Å². The third-order valence-corrected chi connectivity index (χ3v) is 4.85. The van der Waals surface area contributed by atoms with E-state index in [0.717, 1.165) is 5.69 Å². The van der Waals surface area contributed by atoms with Crippen LogP contribution in [0.3, 0.4) is 0 Å². The van der Waals surface area contributed by atoms with Crippen LogP contribution in [0, 0.1) is 0 Å². The molecule has 0 atom stereocenters. The van der Waals surface area contributed by atoms with E-state index in [2.05, 4.69) is 5.32 Å². The third kappa shape index (κ3) is 3.20. The lowest BCUT2D eigenvalue weighted by molar-refractivity contribution is 0.521. The van der Waals surface area contributed by atoms with Crippen LogP contribution in [0.5, 0.6) is 0 Å². The lowest BCUT2D eigenvalue weighted by Crippen LogP contribution is -2.22. The van der Waals surface area contributed by atoms with Gasteiger partial charge in [0.2, 0.25) is 10.0 Å². The van der Waals surface area contributed by atoms with E-state index in [9.17, 15) is 8.42 Å². The van der Waals surface area contributed by atoms with E-state index in [-0.39, 0.29) is 0 Å². The molecule has 0 fully saturated rings. The van der Waals surface area contributed by atoms with Crippen molar-refractivity contribution in [2.45, 2.75) is 11.4 Å². The van der Waals surface area contributed by atoms with Crippen LogP contribution >= 0.6 is 0 Å². The smallest absolute Gasteiger partial charge is 0.242 e. The van der Waals surface area contributed by atoms with Crippen LogP contribution in [0.1, 0.15) is 5.56 Å². The summed E-state index contributed by atoms with van der Waals surface area (Å²) >= 11 is 0. The van der Waals surface area contributed by atoms with Crippen molar-refractivity contribution in [2.75, 3.05) is 19.4 Å². The van der Waals surface area contributed by atoms with Crippen molar-refractivity contribution in [3.8, 4) is 0 Å². The molecule has 0 aliphatic carbocycles. The Bertz CT molecular complexity index is 673. The Morgan fingerprint density at radius 3 is 2.30 bits per heavy atom. The normalized spacial score (nSPS) is 11.8. The van der Waals surface area contributed by atoms with Gasteiger partial charge in [0.1, 0.15) is 0 Å². The molecule has 0 spiro atoms. The molecule has 0 bridgehead atoms. The van der Waals surface area contributed by atoms with E-state index in [1.165, 1.54) is 24.0 Å². The lowest BCUT2D eigenvalue weighted by atomic mass is 10.3. The lowest BCUT2D eigenvalue weighted by Gasteiger charge is -2.12. The van der Waals surface area contributed by atoms with Crippen LogP contribution in [0.25, 0.3) is 0 Å². The first-order chi connectivity index (χ1) is 9.39. The SMILES string of the molecule is CN(C)S(=O)(=O)c1ccc(NCc2ccn(C)c2)cc1. The van der Waals surface area contributed by atoms with E-state index >= 15 is 0 Å². The van der Waals surface area contributed by atoms with Crippen molar-refractivity contribution in [3.63, 3.8) is 0 Å². The Labute approximate surface area is 119 Å². The van der Waals surface area contributed by atoms with Crippen LogP contribution in [-0.2, 0) is 23.6 Å². The summed E-state index contributed by atoms with van der Waals surface area (Å²) in [5, 5.41) is 3.26. The average Bonchev–Trinajstić information content (AvgIpc) is 2.82. The fraction of sp³-hybridized carbons (Fsp3) is 0.286. The second-order valence-electron chi connectivity index (χ2n) is 4.85. The van der Waals surface area contributed by atoms with Crippen molar-refractivity contribution in [1.29, 1.82) is 0 Å². The summed E-state index contributed by atoms with van der Waals surface area (Å²) in [4.78, 5) is 0.299. The molecule has 1 aromatic heterocycles. The third-order valence-electron chi connectivity index (χ3n) is 3.02. The first kappa shape index (κ1) is 14.6. The van der Waals surface area contributed by atoms with Gasteiger partial charge in [0.25, 0.3) is 0 Å². The van der Waals surface area contributed by atoms with E-state index < -0.39 is 10.0 Å². The Kier molecular flexibility index (Phi) is 4.15. The Morgan fingerprint density at radius 1 is 1.15 bits per heavy atom. The molecule has 0 saturated carbocycles. The van der Waals surface area contributed by atoms with E-state index in [4.69, 9.17) is 0 Å². The number of anilines is 1. The number of hydrogen-bond donors (Lipinski definition) is 1. The average molecular weight is 293 g/mol. The highest BCUT2D eigenvalue weighted by Crippen LogP contribution is 2.17. The zero-order chi connectivity index (χ0) is 14.8. The maximum absolute atomic E-state index is 11.9. The minimum Gasteiger partial charge on any atom is -0.381 e. The van der Waals surface area contributed by atoms with Crippen molar-refractivity contribution in [3.05, 3.63) is 48.3 Å². The predicted molar refractivity (Wildman–Crippen MR) is 80.1 cm³/mol. The topological polar surface area (TPSA) is 54.3 Å². The summed E-state index contributed by atoms with van der Waals surface area (Å²) < 4.78 is 27.1. The van der Waals surface area contributed by atoms with Crippen LogP contribution in [0.4, 0.5) is 5.69 Å². The predicted octanol–water partition coefficient (Wildman–Crippen LogP) is 1.89. The minimum absolute atomic E-state index is 0.299. The van der Waals surface area contributed by atoms with E-state index in [0.29, 0.717) is 11.4 Å². The van der Waals surface area contributed by atoms with Gasteiger partial charge >= 0.3 is 0 Å². The summed E-state index contributed by atoms with van der Waals surface area (Å²) in [6.45, 7) is 0.709. The quantitative estimate of drug-likeness (QED) is 0.916. The number of hydrogen-bond acceptors (Lipinski definition) is 3. The van der Waals surface area contributed by atoms with Gasteiger partial charge in [-0.2, -0.15) is 0 Å². The molecule has 108 valence electrons. The zero-order valence-corrected chi connectivity index (χ0v) is 12.7. The van der Waals surface area contributed by atoms with Gasteiger partial charge in [-0.25, -0.2) is 12.7 Å². The van der Waals surface area contributed by atoms with Gasteiger partial charge < -0.3 is 9.88 Å². The molecule has 0 unspecified atom stereocenters. The number of aryl methyl sites for hydroxylation is 1. The van der Waals surface area contributed by atoms with Crippen molar-refractivity contribution >= 4 is 15.7 Å². The van der Waals surface area contributed by atoms with Gasteiger partial charge in [-0.1, -0.05) is 0 Å². The Balaban J connectivity index is 2.05. The van der Waals surface area contributed by atoms with Crippen LogP contribution in [-0.4, -0.2) is 31.4 Å². The van der Waals surface area contributed by atoms with Gasteiger partial charge in [-0.3, -0.25) is 0 Å². The maximum Gasteiger partial charge on any atom is 0.242 e. The molecule has 2 aromatic rings. The molecule has 6 heteroatoms. The van der Waals surface area contributed by atoms with Crippen molar-refractivity contribution in [2.24, 2.45) is 7.05 Å². The van der Waals surface area contributed by atoms with Crippen LogP contribution < -0.4 is 5.32 Å². The fourth-order valence-electron chi connectivity index (χ4n) is 1.83. The molecule has 5 nitrogen and oxygen atoms in total. The highest BCUT2D eigenvalue weighted by atomic mass is 32.2. The summed E-state index contributed by atoms with van der Waals surface area (Å²) in [6, 6.07) is 8.82. The standard InChI is InChI=1S/C14H19N3O2S/c1-16(2)20(18,19)14-6-4-13(5-7-14)15-10-12-8-9-17(3)11-12/h4-9,11,15H,10H2,1-3H3. The molecule has 0 amide bonds. The molecule has 0 aliphatic heterocycles. The maximum atomic E-state index is 11.9. The molecule has 1 N–H and O–H groups in total. The van der Waals surface area contributed by atoms with Gasteiger partial charge in [0.15, 0.2) is 0 Å². The number of nitrogens with one attached hydrogen (secondary N) is 1. The molecule has 2 rings (SSSR count). The van der Waals surface area contributed by atoms with E-state index in [1.807, 2.05) is 30.1 Å². The summed E-state index contributed by atoms with van der Waals surface area (Å²) in [5.74, 6) is 0. The van der Waals surface area contributed by atoms with Crippen molar-refractivity contribution in [1.82, 2.24) is 8.87 Å². The summed E-state index contributed by atoms with van der Waals surface area (Å²) in [7, 11) is 1.67. The molecule has 1 aromatic carbocycles. The monoisotopic (exact) mass is 293 g/mol. The molecule has 0 saturated heterocycles. The first-order valence-electron chi connectivity index (χ1n) is 6.27. The number of benzene rings is 1. The van der Waals surface area contributed by atoms with Gasteiger partial charge in [-0.05, 0) is 35.9 Å². The fourth-order valence-corrected chi connectivity index (χ4v) is 2.73.